The summed E-state index contributed by atoms with van der Waals surface area (Å²) in [5.41, 5.74) is 2.04. The van der Waals surface area contributed by atoms with Gasteiger partial charge in [-0.15, -0.1) is 0 Å². The van der Waals surface area contributed by atoms with E-state index in [4.69, 9.17) is 21.4 Å². The lowest BCUT2D eigenvalue weighted by molar-refractivity contribution is -0.143. The zero-order valence-corrected chi connectivity index (χ0v) is 18.9. The first-order chi connectivity index (χ1) is 15.0. The first-order valence-electron chi connectivity index (χ1n) is 10.0. The normalized spacial score (nSPS) is 18.1. The third-order valence-electron chi connectivity index (χ3n) is 4.94. The summed E-state index contributed by atoms with van der Waals surface area (Å²) in [6.45, 7) is 4.20. The quantitative estimate of drug-likeness (QED) is 0.409. The summed E-state index contributed by atoms with van der Waals surface area (Å²) >= 11 is 7.10. The molecule has 6 nitrogen and oxygen atoms in total. The van der Waals surface area contributed by atoms with Crippen LogP contribution in [0.1, 0.15) is 36.0 Å². The first kappa shape index (κ1) is 21.4. The Morgan fingerprint density at radius 3 is 2.74 bits per heavy atom. The van der Waals surface area contributed by atoms with Crippen LogP contribution in [0.4, 0.5) is 0 Å². The SMILES string of the molecule is CCOC(=O)CN1C(=S)N[C@@H](c2ccccn2)[C@@H]1c1ccc(Sc2ccc(C)cc2)o1. The largest absolute Gasteiger partial charge is 0.465 e. The number of hydrogen-bond donors (Lipinski definition) is 1. The van der Waals surface area contributed by atoms with Gasteiger partial charge in [0.1, 0.15) is 18.3 Å². The number of rotatable bonds is 7. The second-order valence-electron chi connectivity index (χ2n) is 7.13. The van der Waals surface area contributed by atoms with Crippen LogP contribution in [0.5, 0.6) is 0 Å². The maximum absolute atomic E-state index is 12.2. The van der Waals surface area contributed by atoms with Crippen molar-refractivity contribution in [3.05, 3.63) is 77.8 Å². The second-order valence-corrected chi connectivity index (χ2v) is 8.60. The molecule has 1 aliphatic rings. The fraction of sp³-hybridized carbons (Fsp3) is 0.261. The Labute approximate surface area is 191 Å². The Balaban J connectivity index is 1.63. The molecule has 3 heterocycles. The van der Waals surface area contributed by atoms with Gasteiger partial charge in [0, 0.05) is 11.1 Å². The van der Waals surface area contributed by atoms with Crippen LogP contribution >= 0.6 is 24.0 Å². The monoisotopic (exact) mass is 453 g/mol. The van der Waals surface area contributed by atoms with Crippen molar-refractivity contribution in [3.8, 4) is 0 Å². The predicted octanol–water partition coefficient (Wildman–Crippen LogP) is 4.67. The third kappa shape index (κ3) is 4.91. The number of furan rings is 1. The fourth-order valence-electron chi connectivity index (χ4n) is 3.50. The Morgan fingerprint density at radius 1 is 1.23 bits per heavy atom. The molecular formula is C23H23N3O3S2. The lowest BCUT2D eigenvalue weighted by atomic mass is 10.0. The van der Waals surface area contributed by atoms with Crippen LogP contribution in [-0.4, -0.2) is 34.1 Å². The van der Waals surface area contributed by atoms with Gasteiger partial charge in [-0.25, -0.2) is 0 Å². The van der Waals surface area contributed by atoms with Crippen molar-refractivity contribution in [2.24, 2.45) is 0 Å². The number of thiocarbonyl (C=S) groups is 1. The smallest absolute Gasteiger partial charge is 0.325 e. The highest BCUT2D eigenvalue weighted by Gasteiger charge is 2.42. The maximum Gasteiger partial charge on any atom is 0.325 e. The van der Waals surface area contributed by atoms with Gasteiger partial charge in [-0.05, 0) is 62.5 Å². The number of hydrogen-bond acceptors (Lipinski definition) is 6. The highest BCUT2D eigenvalue weighted by Crippen LogP contribution is 2.41. The van der Waals surface area contributed by atoms with E-state index in [1.807, 2.05) is 35.2 Å². The van der Waals surface area contributed by atoms with Crippen LogP contribution in [0.15, 0.2) is 75.2 Å². The lowest BCUT2D eigenvalue weighted by Crippen LogP contribution is -2.35. The number of nitrogens with one attached hydrogen (secondary N) is 1. The average molecular weight is 454 g/mol. The van der Waals surface area contributed by atoms with Crippen molar-refractivity contribution in [1.82, 2.24) is 15.2 Å². The van der Waals surface area contributed by atoms with Gasteiger partial charge < -0.3 is 19.4 Å². The van der Waals surface area contributed by atoms with E-state index in [2.05, 4.69) is 41.5 Å². The molecule has 1 fully saturated rings. The summed E-state index contributed by atoms with van der Waals surface area (Å²) in [4.78, 5) is 19.6. The fourth-order valence-corrected chi connectivity index (χ4v) is 4.58. The molecule has 0 spiro atoms. The molecule has 1 N–H and O–H groups in total. The number of esters is 1. The Morgan fingerprint density at radius 2 is 2.03 bits per heavy atom. The summed E-state index contributed by atoms with van der Waals surface area (Å²) in [7, 11) is 0. The molecule has 4 rings (SSSR count). The van der Waals surface area contributed by atoms with E-state index in [1.165, 1.54) is 5.56 Å². The molecule has 8 heteroatoms. The van der Waals surface area contributed by atoms with E-state index in [0.717, 1.165) is 15.7 Å². The van der Waals surface area contributed by atoms with Gasteiger partial charge in [-0.1, -0.05) is 35.5 Å². The summed E-state index contributed by atoms with van der Waals surface area (Å²) in [5.74, 6) is 0.376. The van der Waals surface area contributed by atoms with Crippen molar-refractivity contribution in [2.45, 2.75) is 35.9 Å². The maximum atomic E-state index is 12.2. The molecule has 3 aromatic rings. The molecule has 1 aromatic carbocycles. The molecule has 0 bridgehead atoms. The molecule has 2 aromatic heterocycles. The summed E-state index contributed by atoms with van der Waals surface area (Å²) < 4.78 is 11.4. The number of pyridine rings is 1. The lowest BCUT2D eigenvalue weighted by Gasteiger charge is -2.25. The number of aromatic nitrogens is 1. The van der Waals surface area contributed by atoms with Gasteiger partial charge in [0.2, 0.25) is 0 Å². The molecule has 1 saturated heterocycles. The van der Waals surface area contributed by atoms with E-state index in [0.29, 0.717) is 17.5 Å². The molecule has 1 aliphatic heterocycles. The summed E-state index contributed by atoms with van der Waals surface area (Å²) in [6, 6.07) is 17.3. The topological polar surface area (TPSA) is 67.6 Å². The minimum absolute atomic E-state index is 0.0365. The molecule has 0 unspecified atom stereocenters. The Hall–Kier alpha value is -2.84. The van der Waals surface area contributed by atoms with Crippen molar-refractivity contribution < 1.29 is 13.9 Å². The number of nitrogens with zero attached hydrogens (tertiary/aromatic N) is 2. The summed E-state index contributed by atoms with van der Waals surface area (Å²) in [5, 5.41) is 4.54. The van der Waals surface area contributed by atoms with Gasteiger partial charge in [0.15, 0.2) is 10.2 Å². The van der Waals surface area contributed by atoms with Crippen LogP contribution in [0, 0.1) is 6.92 Å². The standard InChI is InChI=1S/C23H23N3O3S2/c1-3-28-19(27)14-26-22(21(25-23(26)30)17-6-4-5-13-24-17)18-11-12-20(29-18)31-16-9-7-15(2)8-10-16/h4-13,21-22H,3,14H2,1-2H3,(H,25,30)/t21-,22-/m0/s1. The van der Waals surface area contributed by atoms with Gasteiger partial charge in [-0.3, -0.25) is 9.78 Å². The van der Waals surface area contributed by atoms with E-state index in [-0.39, 0.29) is 24.6 Å². The minimum atomic E-state index is -0.334. The van der Waals surface area contributed by atoms with E-state index in [9.17, 15) is 4.79 Å². The zero-order valence-electron chi connectivity index (χ0n) is 17.3. The van der Waals surface area contributed by atoms with E-state index >= 15 is 0 Å². The summed E-state index contributed by atoms with van der Waals surface area (Å²) in [6.07, 6.45) is 1.74. The third-order valence-corrected chi connectivity index (χ3v) is 6.22. The molecule has 0 aliphatic carbocycles. The van der Waals surface area contributed by atoms with Gasteiger partial charge in [-0.2, -0.15) is 0 Å². The van der Waals surface area contributed by atoms with Crippen molar-refractivity contribution in [2.75, 3.05) is 13.2 Å². The van der Waals surface area contributed by atoms with Gasteiger partial charge in [0.05, 0.1) is 18.3 Å². The molecule has 0 saturated carbocycles. The minimum Gasteiger partial charge on any atom is -0.465 e. The van der Waals surface area contributed by atoms with Crippen molar-refractivity contribution in [3.63, 3.8) is 0 Å². The van der Waals surface area contributed by atoms with E-state index in [1.54, 1.807) is 24.9 Å². The molecule has 0 amide bonds. The van der Waals surface area contributed by atoms with Crippen molar-refractivity contribution in [1.29, 1.82) is 0 Å². The number of aryl methyl sites for hydroxylation is 1. The van der Waals surface area contributed by atoms with Gasteiger partial charge >= 0.3 is 5.97 Å². The van der Waals surface area contributed by atoms with Crippen molar-refractivity contribution >= 4 is 35.1 Å². The van der Waals surface area contributed by atoms with Crippen LogP contribution in [0.25, 0.3) is 0 Å². The van der Waals surface area contributed by atoms with Crippen LogP contribution < -0.4 is 5.32 Å². The molecule has 160 valence electrons. The zero-order chi connectivity index (χ0) is 21.8. The molecular weight excluding hydrogens is 430 g/mol. The first-order valence-corrected chi connectivity index (χ1v) is 11.3. The predicted molar refractivity (Wildman–Crippen MR) is 123 cm³/mol. The highest BCUT2D eigenvalue weighted by atomic mass is 32.2. The van der Waals surface area contributed by atoms with E-state index < -0.39 is 0 Å². The second kappa shape index (κ2) is 9.53. The number of benzene rings is 1. The molecule has 31 heavy (non-hydrogen) atoms. The number of carbonyl (C=O) groups excluding carboxylic acids is 1. The number of ether oxygens (including phenoxy) is 1. The molecule has 2 atom stereocenters. The Kier molecular flexibility index (Phi) is 6.58. The van der Waals surface area contributed by atoms with Gasteiger partial charge in [0.25, 0.3) is 0 Å². The van der Waals surface area contributed by atoms with Crippen LogP contribution in [0.2, 0.25) is 0 Å². The Bertz CT molecular complexity index is 1050. The number of carbonyl (C=O) groups is 1. The van der Waals surface area contributed by atoms with Crippen LogP contribution in [0.3, 0.4) is 0 Å². The average Bonchev–Trinajstić information content (AvgIpc) is 3.35. The highest BCUT2D eigenvalue weighted by molar-refractivity contribution is 7.99. The molecule has 0 radical (unpaired) electrons. The van der Waals surface area contributed by atoms with Crippen LogP contribution in [-0.2, 0) is 9.53 Å².